The van der Waals surface area contributed by atoms with Gasteiger partial charge in [-0.2, -0.15) is 0 Å². The van der Waals surface area contributed by atoms with E-state index >= 15 is 0 Å². The van der Waals surface area contributed by atoms with Gasteiger partial charge in [0.15, 0.2) is 11.6 Å². The van der Waals surface area contributed by atoms with Gasteiger partial charge in [0, 0.05) is 17.1 Å². The summed E-state index contributed by atoms with van der Waals surface area (Å²) in [6, 6.07) is 10.7. The third-order valence-corrected chi connectivity index (χ3v) is 3.80. The zero-order chi connectivity index (χ0) is 14.1. The zero-order valence-electron chi connectivity index (χ0n) is 10.6. The molecule has 1 aromatic heterocycles. The monoisotopic (exact) mass is 288 g/mol. The van der Waals surface area contributed by atoms with Gasteiger partial charge in [0.1, 0.15) is 0 Å². The van der Waals surface area contributed by atoms with Crippen molar-refractivity contribution in [1.29, 1.82) is 0 Å². The highest BCUT2D eigenvalue weighted by Gasteiger charge is 2.45. The van der Waals surface area contributed by atoms with Crippen LogP contribution in [-0.2, 0) is 4.79 Å². The topological polar surface area (TPSA) is 62.2 Å². The number of pyridine rings is 1. The third-order valence-electron chi connectivity index (χ3n) is 3.46. The molecule has 2 N–H and O–H groups in total. The molecule has 3 rings (SSSR count). The van der Waals surface area contributed by atoms with Gasteiger partial charge in [-0.15, -0.1) is 0 Å². The molecule has 2 atom stereocenters. The number of benzene rings is 1. The van der Waals surface area contributed by atoms with E-state index in [-0.39, 0.29) is 29.3 Å². The van der Waals surface area contributed by atoms with Crippen molar-refractivity contribution < 1.29 is 9.90 Å². The minimum Gasteiger partial charge on any atom is -0.504 e. The van der Waals surface area contributed by atoms with E-state index in [1.165, 1.54) is 12.3 Å². The second kappa shape index (κ2) is 5.13. The van der Waals surface area contributed by atoms with Crippen molar-refractivity contribution in [2.24, 2.45) is 5.92 Å². The molecule has 1 fully saturated rings. The molecule has 20 heavy (non-hydrogen) atoms. The van der Waals surface area contributed by atoms with Gasteiger partial charge < -0.3 is 10.4 Å². The van der Waals surface area contributed by atoms with Gasteiger partial charge in [0.05, 0.1) is 0 Å². The predicted molar refractivity (Wildman–Crippen MR) is 76.8 cm³/mol. The van der Waals surface area contributed by atoms with Crippen LogP contribution < -0.4 is 5.32 Å². The highest BCUT2D eigenvalue weighted by atomic mass is 35.5. The summed E-state index contributed by atoms with van der Waals surface area (Å²) in [5.74, 6) is 0.0629. The van der Waals surface area contributed by atoms with Crippen LogP contribution in [0.25, 0.3) is 0 Å². The molecule has 4 nitrogen and oxygen atoms in total. The lowest BCUT2D eigenvalue weighted by molar-refractivity contribution is -0.117. The minimum absolute atomic E-state index is 0.0317. The van der Waals surface area contributed by atoms with Crippen molar-refractivity contribution in [2.75, 3.05) is 5.32 Å². The molecule has 0 saturated heterocycles. The van der Waals surface area contributed by atoms with Crippen LogP contribution in [-0.4, -0.2) is 16.0 Å². The van der Waals surface area contributed by atoms with Crippen molar-refractivity contribution in [1.82, 2.24) is 4.98 Å². The average molecular weight is 289 g/mol. The molecule has 102 valence electrons. The Hall–Kier alpha value is -2.07. The van der Waals surface area contributed by atoms with Crippen LogP contribution in [0.2, 0.25) is 5.02 Å². The van der Waals surface area contributed by atoms with Crippen LogP contribution in [0.5, 0.6) is 5.75 Å². The molecular weight excluding hydrogens is 276 g/mol. The molecule has 1 heterocycles. The van der Waals surface area contributed by atoms with Crippen molar-refractivity contribution in [3.05, 3.63) is 53.2 Å². The number of nitrogens with one attached hydrogen (secondary N) is 1. The number of anilines is 1. The van der Waals surface area contributed by atoms with E-state index in [4.69, 9.17) is 11.6 Å². The highest BCUT2D eigenvalue weighted by molar-refractivity contribution is 6.31. The molecule has 1 amide bonds. The lowest BCUT2D eigenvalue weighted by Gasteiger charge is -2.06. The highest BCUT2D eigenvalue weighted by Crippen LogP contribution is 2.50. The minimum atomic E-state index is -0.135. The first-order valence-electron chi connectivity index (χ1n) is 6.36. The number of aromatic hydroxyl groups is 1. The molecule has 5 heteroatoms. The lowest BCUT2D eigenvalue weighted by Crippen LogP contribution is -2.15. The summed E-state index contributed by atoms with van der Waals surface area (Å²) in [6.45, 7) is 0. The fourth-order valence-electron chi connectivity index (χ4n) is 2.31. The summed E-state index contributed by atoms with van der Waals surface area (Å²) >= 11 is 6.13. The van der Waals surface area contributed by atoms with Crippen molar-refractivity contribution in [2.45, 2.75) is 12.3 Å². The molecule has 1 aliphatic carbocycles. The second-order valence-electron chi connectivity index (χ2n) is 4.83. The standard InChI is InChI=1S/C15H13ClN2O2/c16-12-5-2-1-4-9(12)10-8-11(10)15(20)18-14-13(19)6-3-7-17-14/h1-7,10-11,19H,8H2,(H,17,18,20)/t10-,11+/m1/s1. The number of hydrogen-bond acceptors (Lipinski definition) is 3. The van der Waals surface area contributed by atoms with E-state index in [1.54, 1.807) is 6.07 Å². The molecular formula is C15H13ClN2O2. The Bertz CT molecular complexity index is 660. The van der Waals surface area contributed by atoms with E-state index in [0.717, 1.165) is 12.0 Å². The fourth-order valence-corrected chi connectivity index (χ4v) is 2.58. The summed E-state index contributed by atoms with van der Waals surface area (Å²) < 4.78 is 0. The van der Waals surface area contributed by atoms with Crippen LogP contribution in [0, 0.1) is 5.92 Å². The number of halogens is 1. The summed E-state index contributed by atoms with van der Waals surface area (Å²) in [5, 5.41) is 12.9. The third kappa shape index (κ3) is 2.47. The first-order chi connectivity index (χ1) is 9.66. The van der Waals surface area contributed by atoms with Gasteiger partial charge in [-0.3, -0.25) is 4.79 Å². The quantitative estimate of drug-likeness (QED) is 0.912. The van der Waals surface area contributed by atoms with Crippen molar-refractivity contribution in [3.8, 4) is 5.75 Å². The normalized spacial score (nSPS) is 20.4. The maximum absolute atomic E-state index is 12.1. The Morgan fingerprint density at radius 2 is 2.10 bits per heavy atom. The summed E-state index contributed by atoms with van der Waals surface area (Å²) in [6.07, 6.45) is 2.29. The van der Waals surface area contributed by atoms with Crippen molar-refractivity contribution >= 4 is 23.3 Å². The summed E-state index contributed by atoms with van der Waals surface area (Å²) in [5.41, 5.74) is 1.000. The Kier molecular flexibility index (Phi) is 3.32. The van der Waals surface area contributed by atoms with Crippen molar-refractivity contribution in [3.63, 3.8) is 0 Å². The van der Waals surface area contributed by atoms with Gasteiger partial charge in [0.25, 0.3) is 0 Å². The zero-order valence-corrected chi connectivity index (χ0v) is 11.3. The van der Waals surface area contributed by atoms with Crippen LogP contribution in [0.4, 0.5) is 5.82 Å². The van der Waals surface area contributed by atoms with Gasteiger partial charge in [-0.25, -0.2) is 4.98 Å². The van der Waals surface area contributed by atoms with Gasteiger partial charge in [0.2, 0.25) is 5.91 Å². The van der Waals surface area contributed by atoms with Gasteiger partial charge >= 0.3 is 0 Å². The molecule has 0 spiro atoms. The lowest BCUT2D eigenvalue weighted by atomic mass is 10.1. The largest absolute Gasteiger partial charge is 0.504 e. The Labute approximate surface area is 121 Å². The first-order valence-corrected chi connectivity index (χ1v) is 6.74. The predicted octanol–water partition coefficient (Wildman–Crippen LogP) is 3.18. The number of rotatable bonds is 3. The van der Waals surface area contributed by atoms with E-state index in [1.807, 2.05) is 24.3 Å². The molecule has 2 aromatic rings. The van der Waals surface area contributed by atoms with Crippen LogP contribution >= 0.6 is 11.6 Å². The van der Waals surface area contributed by atoms with Gasteiger partial charge in [-0.1, -0.05) is 29.8 Å². The SMILES string of the molecule is O=C(Nc1ncccc1O)[C@H]1C[C@@H]1c1ccccc1Cl. The maximum atomic E-state index is 12.1. The van der Waals surface area contributed by atoms with E-state index < -0.39 is 0 Å². The molecule has 0 aliphatic heterocycles. The number of amides is 1. The Morgan fingerprint density at radius 3 is 2.85 bits per heavy atom. The number of carbonyl (C=O) groups is 1. The molecule has 0 radical (unpaired) electrons. The summed E-state index contributed by atoms with van der Waals surface area (Å²) in [4.78, 5) is 16.1. The number of carbonyl (C=O) groups excluding carboxylic acids is 1. The average Bonchev–Trinajstić information content (AvgIpc) is 3.22. The van der Waals surface area contributed by atoms with Crippen LogP contribution in [0.3, 0.4) is 0 Å². The Balaban J connectivity index is 1.69. The first kappa shape index (κ1) is 12.9. The van der Waals surface area contributed by atoms with Crippen LogP contribution in [0.15, 0.2) is 42.6 Å². The molecule has 1 aliphatic rings. The van der Waals surface area contributed by atoms with E-state index in [9.17, 15) is 9.90 Å². The van der Waals surface area contributed by atoms with Gasteiger partial charge in [-0.05, 0) is 36.1 Å². The smallest absolute Gasteiger partial charge is 0.229 e. The number of aromatic nitrogens is 1. The molecule has 0 unspecified atom stereocenters. The van der Waals surface area contributed by atoms with E-state index in [2.05, 4.69) is 10.3 Å². The maximum Gasteiger partial charge on any atom is 0.229 e. The summed E-state index contributed by atoms with van der Waals surface area (Å²) in [7, 11) is 0. The Morgan fingerprint density at radius 1 is 1.30 bits per heavy atom. The van der Waals surface area contributed by atoms with E-state index in [0.29, 0.717) is 5.02 Å². The second-order valence-corrected chi connectivity index (χ2v) is 5.24. The molecule has 1 aromatic carbocycles. The number of hydrogen-bond donors (Lipinski definition) is 2. The van der Waals surface area contributed by atoms with Crippen LogP contribution in [0.1, 0.15) is 17.9 Å². The fraction of sp³-hybridized carbons (Fsp3) is 0.200. The number of nitrogens with zero attached hydrogens (tertiary/aromatic N) is 1. The molecule has 0 bridgehead atoms. The molecule has 1 saturated carbocycles.